The summed E-state index contributed by atoms with van der Waals surface area (Å²) in [5.74, 6) is 0.930. The maximum absolute atomic E-state index is 12.6. The van der Waals surface area contributed by atoms with Gasteiger partial charge in [0.15, 0.2) is 0 Å². The second-order valence-electron chi connectivity index (χ2n) is 8.67. The van der Waals surface area contributed by atoms with Crippen LogP contribution in [0.5, 0.6) is 11.5 Å². The van der Waals surface area contributed by atoms with Crippen molar-refractivity contribution in [3.63, 3.8) is 0 Å². The number of esters is 1. The second kappa shape index (κ2) is 10.2. The van der Waals surface area contributed by atoms with Gasteiger partial charge in [-0.15, -0.1) is 0 Å². The van der Waals surface area contributed by atoms with Crippen molar-refractivity contribution in [1.82, 2.24) is 4.90 Å². The van der Waals surface area contributed by atoms with Gasteiger partial charge in [-0.3, -0.25) is 4.79 Å². The number of methoxy groups -OCH3 is 1. The van der Waals surface area contributed by atoms with Gasteiger partial charge >= 0.3 is 5.97 Å². The largest absolute Gasteiger partial charge is 0.497 e. The zero-order valence-electron chi connectivity index (χ0n) is 19.6. The molecule has 3 aromatic rings. The lowest BCUT2D eigenvalue weighted by molar-refractivity contribution is -0.133. The van der Waals surface area contributed by atoms with Gasteiger partial charge in [-0.1, -0.05) is 50.2 Å². The first-order chi connectivity index (χ1) is 15.2. The van der Waals surface area contributed by atoms with E-state index in [1.54, 1.807) is 19.2 Å². The van der Waals surface area contributed by atoms with E-state index in [4.69, 9.17) is 9.47 Å². The van der Waals surface area contributed by atoms with E-state index in [0.717, 1.165) is 34.2 Å². The molecule has 2 atom stereocenters. The van der Waals surface area contributed by atoms with Crippen LogP contribution in [0.3, 0.4) is 0 Å². The highest BCUT2D eigenvalue weighted by Gasteiger charge is 2.34. The molecule has 170 valence electrons. The number of fused-ring (bicyclic) bond motifs is 1. The lowest BCUT2D eigenvalue weighted by atomic mass is 9.80. The molecule has 0 aliphatic rings. The molecule has 0 saturated carbocycles. The molecule has 3 aromatic carbocycles. The third-order valence-electron chi connectivity index (χ3n) is 6.02. The first kappa shape index (κ1) is 23.8. The molecule has 0 fully saturated rings. The van der Waals surface area contributed by atoms with Gasteiger partial charge in [0.2, 0.25) is 0 Å². The van der Waals surface area contributed by atoms with Crippen LogP contribution in [0.4, 0.5) is 0 Å². The van der Waals surface area contributed by atoms with E-state index in [1.165, 1.54) is 0 Å². The maximum Gasteiger partial charge on any atom is 0.315 e. The number of nitrogens with zero attached hydrogens (tertiary/aromatic N) is 1. The Morgan fingerprint density at radius 1 is 1.03 bits per heavy atom. The number of rotatable bonds is 9. The minimum absolute atomic E-state index is 0.0182. The smallest absolute Gasteiger partial charge is 0.315 e. The minimum Gasteiger partial charge on any atom is -0.497 e. The van der Waals surface area contributed by atoms with Crippen molar-refractivity contribution in [2.75, 3.05) is 27.7 Å². The Morgan fingerprint density at radius 2 is 1.75 bits per heavy atom. The number of carbonyl (C=O) groups is 1. The quantitative estimate of drug-likeness (QED) is 0.387. The maximum atomic E-state index is 12.6. The van der Waals surface area contributed by atoms with Crippen LogP contribution in [0, 0.1) is 5.92 Å². The van der Waals surface area contributed by atoms with Crippen molar-refractivity contribution < 1.29 is 19.4 Å². The highest BCUT2D eigenvalue weighted by atomic mass is 16.5. The normalized spacial score (nSPS) is 14.2. The van der Waals surface area contributed by atoms with Gasteiger partial charge < -0.3 is 19.5 Å². The molecule has 0 unspecified atom stereocenters. The molecule has 32 heavy (non-hydrogen) atoms. The number of hydrogen-bond acceptors (Lipinski definition) is 5. The Labute approximate surface area is 190 Å². The Balaban J connectivity index is 1.73. The summed E-state index contributed by atoms with van der Waals surface area (Å²) in [6.45, 7) is 4.76. The van der Waals surface area contributed by atoms with Gasteiger partial charge in [-0.2, -0.15) is 0 Å². The number of hydrogen-bond donors (Lipinski definition) is 1. The monoisotopic (exact) mass is 435 g/mol. The summed E-state index contributed by atoms with van der Waals surface area (Å²) in [7, 11) is 5.63. The topological polar surface area (TPSA) is 59.0 Å². The molecule has 0 aliphatic carbocycles. The third kappa shape index (κ3) is 5.47. The number of aliphatic hydroxyl groups is 1. The zero-order valence-corrected chi connectivity index (χ0v) is 19.6. The summed E-state index contributed by atoms with van der Waals surface area (Å²) in [4.78, 5) is 14.7. The molecular weight excluding hydrogens is 402 g/mol. The third-order valence-corrected chi connectivity index (χ3v) is 6.02. The zero-order chi connectivity index (χ0) is 23.3. The number of benzene rings is 3. The van der Waals surface area contributed by atoms with Crippen LogP contribution < -0.4 is 9.47 Å². The van der Waals surface area contributed by atoms with Crippen LogP contribution in [-0.4, -0.2) is 43.7 Å². The van der Waals surface area contributed by atoms with Gasteiger partial charge in [0.25, 0.3) is 0 Å². The highest BCUT2D eigenvalue weighted by Crippen LogP contribution is 2.35. The Morgan fingerprint density at radius 3 is 2.44 bits per heavy atom. The Bertz CT molecular complexity index is 1080. The summed E-state index contributed by atoms with van der Waals surface area (Å²) >= 11 is 0. The second-order valence-corrected chi connectivity index (χ2v) is 8.67. The lowest BCUT2D eigenvalue weighted by Gasteiger charge is -2.35. The minimum atomic E-state index is -0.994. The van der Waals surface area contributed by atoms with E-state index < -0.39 is 5.60 Å². The summed E-state index contributed by atoms with van der Waals surface area (Å²) in [6.07, 6.45) is 0.739. The average Bonchev–Trinajstić information content (AvgIpc) is 2.77. The van der Waals surface area contributed by atoms with Crippen molar-refractivity contribution in [2.24, 2.45) is 5.92 Å². The molecule has 0 aliphatic heterocycles. The van der Waals surface area contributed by atoms with E-state index in [2.05, 4.69) is 4.90 Å². The predicted molar refractivity (Wildman–Crippen MR) is 128 cm³/mol. The van der Waals surface area contributed by atoms with Crippen LogP contribution in [-0.2, 0) is 16.8 Å². The van der Waals surface area contributed by atoms with Crippen molar-refractivity contribution in [1.29, 1.82) is 0 Å². The number of carbonyl (C=O) groups excluding carboxylic acids is 1. The molecule has 0 spiro atoms. The Kier molecular flexibility index (Phi) is 7.54. The van der Waals surface area contributed by atoms with Gasteiger partial charge in [0, 0.05) is 12.5 Å². The molecular formula is C27H33NO4. The summed E-state index contributed by atoms with van der Waals surface area (Å²) in [6, 6.07) is 19.0. The van der Waals surface area contributed by atoms with Crippen LogP contribution in [0.15, 0.2) is 60.7 Å². The summed E-state index contributed by atoms with van der Waals surface area (Å²) in [5.41, 5.74) is 0.652. The van der Waals surface area contributed by atoms with E-state index in [-0.39, 0.29) is 18.3 Å². The Hall–Kier alpha value is -2.89. The fraction of sp³-hybridized carbons (Fsp3) is 0.370. The lowest BCUT2D eigenvalue weighted by Crippen LogP contribution is -2.38. The van der Waals surface area contributed by atoms with Crippen LogP contribution in [0.2, 0.25) is 0 Å². The molecule has 0 heterocycles. The summed E-state index contributed by atoms with van der Waals surface area (Å²) < 4.78 is 10.9. The standard InChI is InChI=1S/C27H33NO4/c1-6-27(30,19(2)18-28(3)4)23-8-7-9-25(17-23)32-26(29)15-20-10-11-22-16-24(31-5)13-12-21(22)14-20/h7-14,16-17,19,30H,6,15,18H2,1-5H3/t19-,27-/m1/s1. The van der Waals surface area contributed by atoms with Crippen molar-refractivity contribution in [3.8, 4) is 11.5 Å². The SMILES string of the molecule is CC[C@](O)(c1cccc(OC(=O)Cc2ccc3cc(OC)ccc3c2)c1)[C@H](C)CN(C)C. The van der Waals surface area contributed by atoms with Crippen molar-refractivity contribution in [2.45, 2.75) is 32.3 Å². The molecule has 3 rings (SSSR count). The van der Waals surface area contributed by atoms with E-state index >= 15 is 0 Å². The first-order valence-corrected chi connectivity index (χ1v) is 11.0. The number of ether oxygens (including phenoxy) is 2. The predicted octanol–water partition coefficient (Wildman–Crippen LogP) is 4.79. The van der Waals surface area contributed by atoms with Gasteiger partial charge in [-0.25, -0.2) is 0 Å². The molecule has 5 heteroatoms. The summed E-state index contributed by atoms with van der Waals surface area (Å²) in [5, 5.41) is 13.5. The first-order valence-electron chi connectivity index (χ1n) is 11.0. The van der Waals surface area contributed by atoms with Gasteiger partial charge in [0.1, 0.15) is 11.5 Å². The molecule has 0 bridgehead atoms. The highest BCUT2D eigenvalue weighted by molar-refractivity contribution is 5.86. The van der Waals surface area contributed by atoms with Crippen molar-refractivity contribution >= 4 is 16.7 Å². The van der Waals surface area contributed by atoms with Crippen LogP contribution in [0.25, 0.3) is 10.8 Å². The molecule has 5 nitrogen and oxygen atoms in total. The van der Waals surface area contributed by atoms with Crippen LogP contribution in [0.1, 0.15) is 31.4 Å². The van der Waals surface area contributed by atoms with E-state index in [0.29, 0.717) is 12.2 Å². The molecule has 0 radical (unpaired) electrons. The molecule has 1 N–H and O–H groups in total. The van der Waals surface area contributed by atoms with Gasteiger partial charge in [0.05, 0.1) is 19.1 Å². The molecule has 0 aromatic heterocycles. The van der Waals surface area contributed by atoms with Crippen molar-refractivity contribution in [3.05, 3.63) is 71.8 Å². The molecule has 0 amide bonds. The fourth-order valence-corrected chi connectivity index (χ4v) is 4.21. The van der Waals surface area contributed by atoms with E-state index in [9.17, 15) is 9.90 Å². The van der Waals surface area contributed by atoms with Gasteiger partial charge in [-0.05, 0) is 66.7 Å². The fourth-order valence-electron chi connectivity index (χ4n) is 4.21. The van der Waals surface area contributed by atoms with E-state index in [1.807, 2.05) is 76.5 Å². The van der Waals surface area contributed by atoms with Crippen LogP contribution >= 0.6 is 0 Å². The average molecular weight is 436 g/mol. The molecule has 0 saturated heterocycles.